The van der Waals surface area contributed by atoms with Crippen molar-refractivity contribution in [1.29, 1.82) is 0 Å². The summed E-state index contributed by atoms with van der Waals surface area (Å²) in [7, 11) is 2.02. The summed E-state index contributed by atoms with van der Waals surface area (Å²) in [5.74, 6) is 0.982. The molecule has 2 nitrogen and oxygen atoms in total. The van der Waals surface area contributed by atoms with Crippen molar-refractivity contribution in [3.05, 3.63) is 15.4 Å². The molecule has 0 aromatic carbocycles. The first-order valence-electron chi connectivity index (χ1n) is 4.40. The maximum Gasteiger partial charge on any atom is 0.191 e. The zero-order chi connectivity index (χ0) is 10.7. The van der Waals surface area contributed by atoms with Gasteiger partial charge in [0.2, 0.25) is 0 Å². The molecule has 0 N–H and O–H groups in total. The number of hydrogen-bond acceptors (Lipinski definition) is 3. The summed E-state index contributed by atoms with van der Waals surface area (Å²) in [4.78, 5) is 6.70. The van der Waals surface area contributed by atoms with Crippen molar-refractivity contribution in [2.75, 3.05) is 5.75 Å². The van der Waals surface area contributed by atoms with Crippen LogP contribution >= 0.6 is 35.3 Å². The number of aromatic nitrogens is 1. The fourth-order valence-electron chi connectivity index (χ4n) is 0.991. The van der Waals surface area contributed by atoms with Gasteiger partial charge in [-0.25, -0.2) is 4.99 Å². The van der Waals surface area contributed by atoms with Crippen LogP contribution < -0.4 is 4.80 Å². The van der Waals surface area contributed by atoms with Crippen LogP contribution in [0.2, 0.25) is 0 Å². The van der Waals surface area contributed by atoms with Crippen LogP contribution in [-0.4, -0.2) is 14.6 Å². The predicted octanol–water partition coefficient (Wildman–Crippen LogP) is 2.64. The Hall–Kier alpha value is -0.130. The van der Waals surface area contributed by atoms with Gasteiger partial charge in [0.15, 0.2) is 9.12 Å². The fourth-order valence-corrected chi connectivity index (χ4v) is 2.91. The molecule has 0 saturated carbocycles. The first-order valence-corrected chi connectivity index (χ1v) is 6.61. The van der Waals surface area contributed by atoms with Crippen molar-refractivity contribution in [2.24, 2.45) is 12.0 Å². The van der Waals surface area contributed by atoms with E-state index >= 15 is 0 Å². The van der Waals surface area contributed by atoms with Crippen molar-refractivity contribution < 1.29 is 0 Å². The summed E-state index contributed by atoms with van der Waals surface area (Å²) < 4.78 is 2.81. The molecule has 78 valence electrons. The van der Waals surface area contributed by atoms with Crippen LogP contribution in [0.1, 0.15) is 17.5 Å². The molecule has 1 heterocycles. The smallest absolute Gasteiger partial charge is 0.191 e. The summed E-state index contributed by atoms with van der Waals surface area (Å²) in [6.45, 7) is 6.29. The summed E-state index contributed by atoms with van der Waals surface area (Å²) in [5, 5.41) is 0. The number of thiocarbonyl (C=S) groups is 1. The first-order chi connectivity index (χ1) is 6.56. The molecular weight excluding hydrogens is 232 g/mol. The molecule has 5 heteroatoms. The molecule has 0 spiro atoms. The number of thioether (sulfide) groups is 1. The lowest BCUT2D eigenvalue weighted by Gasteiger charge is -1.95. The monoisotopic (exact) mass is 246 g/mol. The highest BCUT2D eigenvalue weighted by atomic mass is 32.2. The Kier molecular flexibility index (Phi) is 4.34. The third kappa shape index (κ3) is 2.68. The van der Waals surface area contributed by atoms with E-state index in [-0.39, 0.29) is 0 Å². The molecule has 0 aliphatic carbocycles. The molecule has 0 atom stereocenters. The van der Waals surface area contributed by atoms with E-state index in [1.54, 1.807) is 23.1 Å². The van der Waals surface area contributed by atoms with E-state index in [2.05, 4.69) is 30.3 Å². The van der Waals surface area contributed by atoms with Crippen molar-refractivity contribution in [3.8, 4) is 0 Å². The molecule has 1 aromatic heterocycles. The Balaban J connectivity index is 3.07. The topological polar surface area (TPSA) is 17.3 Å². The minimum Gasteiger partial charge on any atom is -0.324 e. The second-order valence-corrected chi connectivity index (χ2v) is 5.98. The van der Waals surface area contributed by atoms with Gasteiger partial charge < -0.3 is 4.57 Å². The van der Waals surface area contributed by atoms with Gasteiger partial charge in [-0.2, -0.15) is 0 Å². The summed E-state index contributed by atoms with van der Waals surface area (Å²) in [5.41, 5.74) is 1.26. The predicted molar refractivity (Wildman–Crippen MR) is 69.1 cm³/mol. The molecule has 0 aliphatic rings. The van der Waals surface area contributed by atoms with Crippen LogP contribution in [0.25, 0.3) is 0 Å². The van der Waals surface area contributed by atoms with Gasteiger partial charge in [0.05, 0.1) is 0 Å². The Morgan fingerprint density at radius 3 is 2.64 bits per heavy atom. The molecule has 14 heavy (non-hydrogen) atoms. The van der Waals surface area contributed by atoms with Crippen LogP contribution in [0.5, 0.6) is 0 Å². The van der Waals surface area contributed by atoms with E-state index in [1.165, 1.54) is 10.6 Å². The third-order valence-corrected chi connectivity index (χ3v) is 4.22. The highest BCUT2D eigenvalue weighted by molar-refractivity contribution is 8.23. The van der Waals surface area contributed by atoms with Gasteiger partial charge in [-0.3, -0.25) is 0 Å². The molecule has 0 fully saturated rings. The Morgan fingerprint density at radius 2 is 2.21 bits per heavy atom. The molecule has 0 unspecified atom stereocenters. The van der Waals surface area contributed by atoms with Gasteiger partial charge in [0.25, 0.3) is 0 Å². The van der Waals surface area contributed by atoms with E-state index in [1.807, 2.05) is 7.05 Å². The summed E-state index contributed by atoms with van der Waals surface area (Å²) in [6, 6.07) is 0. The molecule has 0 saturated heterocycles. The zero-order valence-corrected chi connectivity index (χ0v) is 11.3. The van der Waals surface area contributed by atoms with Gasteiger partial charge in [0.1, 0.15) is 0 Å². The lowest BCUT2D eigenvalue weighted by Crippen LogP contribution is -2.12. The average molecular weight is 246 g/mol. The maximum atomic E-state index is 5.14. The molecule has 0 amide bonds. The maximum absolute atomic E-state index is 5.14. The highest BCUT2D eigenvalue weighted by Gasteiger charge is 2.02. The van der Waals surface area contributed by atoms with Gasteiger partial charge in [-0.05, 0) is 19.6 Å². The normalized spacial score (nSPS) is 12.1. The molecular formula is C9H14N2S3. The van der Waals surface area contributed by atoms with Crippen LogP contribution in [0.15, 0.2) is 4.99 Å². The van der Waals surface area contributed by atoms with E-state index in [0.717, 1.165) is 14.9 Å². The standard InChI is InChI=1S/C9H14N2S3/c1-5-13-9(12)10-8-11(4)6(2)7(3)14-8/h5H2,1-4H3. The number of nitrogens with zero attached hydrogens (tertiary/aromatic N) is 2. The third-order valence-electron chi connectivity index (χ3n) is 2.00. The first kappa shape index (κ1) is 11.9. The van der Waals surface area contributed by atoms with Gasteiger partial charge in [-0.1, -0.05) is 30.9 Å². The molecule has 0 bridgehead atoms. The number of aryl methyl sites for hydroxylation is 1. The van der Waals surface area contributed by atoms with Crippen LogP contribution in [0.4, 0.5) is 0 Å². The van der Waals surface area contributed by atoms with Gasteiger partial charge >= 0.3 is 0 Å². The average Bonchev–Trinajstić information content (AvgIpc) is 2.34. The summed E-state index contributed by atoms with van der Waals surface area (Å²) >= 11 is 8.44. The second kappa shape index (κ2) is 5.09. The Morgan fingerprint density at radius 1 is 1.57 bits per heavy atom. The minimum absolute atomic E-state index is 0.726. The number of thiazole rings is 1. The quantitative estimate of drug-likeness (QED) is 0.709. The molecule has 1 aromatic rings. The van der Waals surface area contributed by atoms with Crippen LogP contribution in [0, 0.1) is 13.8 Å². The van der Waals surface area contributed by atoms with E-state index in [4.69, 9.17) is 12.2 Å². The van der Waals surface area contributed by atoms with Gasteiger partial charge in [0, 0.05) is 17.6 Å². The fraction of sp³-hybridized carbons (Fsp3) is 0.556. The van der Waals surface area contributed by atoms with Gasteiger partial charge in [-0.15, -0.1) is 11.3 Å². The Labute approximate surface area is 98.1 Å². The van der Waals surface area contributed by atoms with Crippen LogP contribution in [-0.2, 0) is 7.05 Å². The van der Waals surface area contributed by atoms with E-state index in [9.17, 15) is 0 Å². The highest BCUT2D eigenvalue weighted by Crippen LogP contribution is 2.09. The van der Waals surface area contributed by atoms with E-state index < -0.39 is 0 Å². The lowest BCUT2D eigenvalue weighted by atomic mass is 10.4. The molecule has 0 aliphatic heterocycles. The molecule has 0 radical (unpaired) electrons. The summed E-state index contributed by atoms with van der Waals surface area (Å²) in [6.07, 6.45) is 0. The zero-order valence-electron chi connectivity index (χ0n) is 8.83. The Bertz CT molecular complexity index is 401. The number of rotatable bonds is 1. The van der Waals surface area contributed by atoms with Crippen molar-refractivity contribution >= 4 is 39.6 Å². The number of hydrogen-bond donors (Lipinski definition) is 0. The minimum atomic E-state index is 0.726. The van der Waals surface area contributed by atoms with Crippen molar-refractivity contribution in [1.82, 2.24) is 4.57 Å². The van der Waals surface area contributed by atoms with Crippen molar-refractivity contribution in [2.45, 2.75) is 20.8 Å². The SMILES string of the molecule is CCSC(=S)N=c1sc(C)c(C)n1C. The molecule has 1 rings (SSSR count). The van der Waals surface area contributed by atoms with Crippen LogP contribution in [0.3, 0.4) is 0 Å². The second-order valence-electron chi connectivity index (χ2n) is 2.90. The largest absolute Gasteiger partial charge is 0.324 e. The van der Waals surface area contributed by atoms with E-state index in [0.29, 0.717) is 0 Å². The van der Waals surface area contributed by atoms with Crippen molar-refractivity contribution in [3.63, 3.8) is 0 Å². The lowest BCUT2D eigenvalue weighted by molar-refractivity contribution is 0.834.